The number of aliphatic imine (C=N–C) groups is 1. The second-order valence-corrected chi connectivity index (χ2v) is 6.84. The maximum Gasteiger partial charge on any atom is 0.193 e. The van der Waals surface area contributed by atoms with Crippen LogP contribution in [0.15, 0.2) is 70.1 Å². The van der Waals surface area contributed by atoms with Crippen LogP contribution in [0.25, 0.3) is 21.0 Å². The molecule has 0 atom stereocenters. The third-order valence-electron chi connectivity index (χ3n) is 3.93. The topological polar surface area (TPSA) is 85.7 Å². The Bertz CT molecular complexity index is 1060. The largest absolute Gasteiger partial charge is 0.497 e. The molecule has 0 saturated carbocycles. The molecule has 3 N–H and O–H groups in total. The Morgan fingerprint density at radius 1 is 1.14 bits per heavy atom. The molecule has 28 heavy (non-hydrogen) atoms. The molecule has 4 rings (SSSR count). The van der Waals surface area contributed by atoms with Gasteiger partial charge in [0.15, 0.2) is 16.7 Å². The highest BCUT2D eigenvalue weighted by atomic mass is 127. The van der Waals surface area contributed by atoms with Crippen LogP contribution in [-0.2, 0) is 6.54 Å². The molecule has 0 unspecified atom stereocenters. The third kappa shape index (κ3) is 4.63. The van der Waals surface area contributed by atoms with E-state index in [4.69, 9.17) is 14.9 Å². The van der Waals surface area contributed by atoms with Crippen molar-refractivity contribution in [1.82, 2.24) is 4.98 Å². The summed E-state index contributed by atoms with van der Waals surface area (Å²) in [5, 5.41) is 3.90. The average molecular weight is 506 g/mol. The normalized spacial score (nSPS) is 11.2. The quantitative estimate of drug-likeness (QED) is 0.223. The summed E-state index contributed by atoms with van der Waals surface area (Å²) >= 11 is 1.60. The van der Waals surface area contributed by atoms with E-state index in [0.717, 1.165) is 38.2 Å². The zero-order valence-corrected chi connectivity index (χ0v) is 18.2. The molecular formula is C20H19IN4O2S. The van der Waals surface area contributed by atoms with Gasteiger partial charge in [-0.25, -0.2) is 9.98 Å². The van der Waals surface area contributed by atoms with Crippen molar-refractivity contribution >= 4 is 57.2 Å². The molecule has 0 radical (unpaired) electrons. The van der Waals surface area contributed by atoms with Crippen LogP contribution in [0.3, 0.4) is 0 Å². The van der Waals surface area contributed by atoms with Gasteiger partial charge in [0.25, 0.3) is 0 Å². The maximum absolute atomic E-state index is 5.95. The predicted molar refractivity (Wildman–Crippen MR) is 125 cm³/mol. The van der Waals surface area contributed by atoms with E-state index in [1.165, 1.54) is 0 Å². The van der Waals surface area contributed by atoms with E-state index >= 15 is 0 Å². The van der Waals surface area contributed by atoms with Crippen LogP contribution in [0.5, 0.6) is 5.75 Å². The number of para-hydroxylation sites is 1. The Hall–Kier alpha value is -2.59. The van der Waals surface area contributed by atoms with E-state index in [-0.39, 0.29) is 24.0 Å². The van der Waals surface area contributed by atoms with Crippen LogP contribution in [0.4, 0.5) is 5.69 Å². The van der Waals surface area contributed by atoms with Gasteiger partial charge in [-0.2, -0.15) is 0 Å². The predicted octanol–water partition coefficient (Wildman–Crippen LogP) is 5.11. The minimum Gasteiger partial charge on any atom is -0.497 e. The lowest BCUT2D eigenvalue weighted by Gasteiger charge is -2.06. The Balaban J connectivity index is 0.00000225. The van der Waals surface area contributed by atoms with Gasteiger partial charge < -0.3 is 20.2 Å². The van der Waals surface area contributed by atoms with Gasteiger partial charge in [0.05, 0.1) is 17.3 Å². The summed E-state index contributed by atoms with van der Waals surface area (Å²) < 4.78 is 12.1. The van der Waals surface area contributed by atoms with E-state index in [2.05, 4.69) is 21.4 Å². The SMILES string of the molecule is COc1ccc(NC(N)=NCc2ccc(-c3nc4ccccc4s3)o2)cc1.I. The van der Waals surface area contributed by atoms with Crippen molar-refractivity contribution in [3.05, 3.63) is 66.4 Å². The number of rotatable bonds is 5. The molecule has 0 aliphatic carbocycles. The molecule has 8 heteroatoms. The summed E-state index contributed by atoms with van der Waals surface area (Å²) in [7, 11) is 1.63. The number of halogens is 1. The number of benzene rings is 2. The van der Waals surface area contributed by atoms with Crippen LogP contribution in [0.1, 0.15) is 5.76 Å². The second-order valence-electron chi connectivity index (χ2n) is 5.81. The van der Waals surface area contributed by atoms with Crippen LogP contribution in [0.2, 0.25) is 0 Å². The molecule has 6 nitrogen and oxygen atoms in total. The Kier molecular flexibility index (Phi) is 6.53. The first-order chi connectivity index (χ1) is 13.2. The number of hydrogen-bond acceptors (Lipinski definition) is 5. The molecule has 0 saturated heterocycles. The number of aromatic nitrogens is 1. The van der Waals surface area contributed by atoms with E-state index in [0.29, 0.717) is 12.5 Å². The molecule has 0 spiro atoms. The molecule has 0 aliphatic rings. The molecule has 4 aromatic rings. The lowest BCUT2D eigenvalue weighted by Crippen LogP contribution is -2.22. The van der Waals surface area contributed by atoms with Gasteiger partial charge in [0, 0.05) is 5.69 Å². The maximum atomic E-state index is 5.95. The van der Waals surface area contributed by atoms with Crippen molar-refractivity contribution in [2.24, 2.45) is 10.7 Å². The molecule has 2 aromatic heterocycles. The number of nitrogens with two attached hydrogens (primary N) is 1. The summed E-state index contributed by atoms with van der Waals surface area (Å²) in [6, 6.07) is 19.3. The van der Waals surface area contributed by atoms with Gasteiger partial charge in [0.1, 0.15) is 18.1 Å². The minimum atomic E-state index is 0. The number of furan rings is 1. The van der Waals surface area contributed by atoms with Crippen molar-refractivity contribution in [2.75, 3.05) is 12.4 Å². The van der Waals surface area contributed by atoms with Gasteiger partial charge in [-0.15, -0.1) is 35.3 Å². The first-order valence-electron chi connectivity index (χ1n) is 8.37. The van der Waals surface area contributed by atoms with Crippen molar-refractivity contribution in [2.45, 2.75) is 6.54 Å². The number of thiazole rings is 1. The van der Waals surface area contributed by atoms with E-state index in [9.17, 15) is 0 Å². The summed E-state index contributed by atoms with van der Waals surface area (Å²) in [6.07, 6.45) is 0. The lowest BCUT2D eigenvalue weighted by molar-refractivity contribution is 0.415. The molecule has 0 bridgehead atoms. The van der Waals surface area contributed by atoms with Crippen LogP contribution >= 0.6 is 35.3 Å². The molecule has 0 fully saturated rings. The van der Waals surface area contributed by atoms with Gasteiger partial charge in [-0.05, 0) is 48.5 Å². The van der Waals surface area contributed by atoms with E-state index in [1.807, 2.05) is 54.6 Å². The lowest BCUT2D eigenvalue weighted by atomic mass is 10.3. The monoisotopic (exact) mass is 506 g/mol. The first-order valence-corrected chi connectivity index (χ1v) is 9.18. The fourth-order valence-electron chi connectivity index (χ4n) is 2.58. The fraction of sp³-hybridized carbons (Fsp3) is 0.100. The average Bonchev–Trinajstić information content (AvgIpc) is 3.33. The second kappa shape index (κ2) is 9.07. The fourth-order valence-corrected chi connectivity index (χ4v) is 3.51. The number of ether oxygens (including phenoxy) is 1. The Labute approximate surface area is 183 Å². The van der Waals surface area contributed by atoms with Gasteiger partial charge in [-0.3, -0.25) is 0 Å². The van der Waals surface area contributed by atoms with Gasteiger partial charge in [-0.1, -0.05) is 12.1 Å². The molecule has 2 heterocycles. The van der Waals surface area contributed by atoms with Crippen molar-refractivity contribution in [3.63, 3.8) is 0 Å². The number of nitrogens with zero attached hydrogens (tertiary/aromatic N) is 2. The molecule has 0 aliphatic heterocycles. The highest BCUT2D eigenvalue weighted by molar-refractivity contribution is 14.0. The smallest absolute Gasteiger partial charge is 0.193 e. The molecular weight excluding hydrogens is 487 g/mol. The number of methoxy groups -OCH3 is 1. The van der Waals surface area contributed by atoms with Crippen LogP contribution < -0.4 is 15.8 Å². The minimum absolute atomic E-state index is 0. The van der Waals surface area contributed by atoms with Gasteiger partial charge >= 0.3 is 0 Å². The third-order valence-corrected chi connectivity index (χ3v) is 4.98. The first kappa shape index (κ1) is 20.2. The summed E-state index contributed by atoms with van der Waals surface area (Å²) in [4.78, 5) is 8.93. The number of hydrogen-bond donors (Lipinski definition) is 2. The van der Waals surface area contributed by atoms with E-state index in [1.54, 1.807) is 18.4 Å². The van der Waals surface area contributed by atoms with Crippen LogP contribution in [-0.4, -0.2) is 18.1 Å². The van der Waals surface area contributed by atoms with Gasteiger partial charge in [0.2, 0.25) is 0 Å². The number of fused-ring (bicyclic) bond motifs is 1. The van der Waals surface area contributed by atoms with Crippen molar-refractivity contribution < 1.29 is 9.15 Å². The number of guanidine groups is 1. The van der Waals surface area contributed by atoms with Crippen molar-refractivity contribution in [1.29, 1.82) is 0 Å². The van der Waals surface area contributed by atoms with Crippen molar-refractivity contribution in [3.8, 4) is 16.5 Å². The molecule has 2 aromatic carbocycles. The molecule has 0 amide bonds. The summed E-state index contributed by atoms with van der Waals surface area (Å²) in [5.74, 6) is 2.57. The summed E-state index contributed by atoms with van der Waals surface area (Å²) in [6.45, 7) is 0.347. The zero-order chi connectivity index (χ0) is 18.6. The Morgan fingerprint density at radius 3 is 2.68 bits per heavy atom. The summed E-state index contributed by atoms with van der Waals surface area (Å²) in [5.41, 5.74) is 7.76. The Morgan fingerprint density at radius 2 is 1.93 bits per heavy atom. The van der Waals surface area contributed by atoms with Crippen LogP contribution in [0, 0.1) is 0 Å². The standard InChI is InChI=1S/C20H18N4O2S.HI/c1-25-14-8-6-13(7-9-14)23-20(21)22-12-15-10-11-17(26-15)19-24-16-4-2-3-5-18(16)27-19;/h2-11H,12H2,1H3,(H3,21,22,23);1H. The highest BCUT2D eigenvalue weighted by Gasteiger charge is 2.10. The molecule has 144 valence electrons. The number of nitrogens with one attached hydrogen (secondary N) is 1. The number of anilines is 1. The highest BCUT2D eigenvalue weighted by Crippen LogP contribution is 2.31. The van der Waals surface area contributed by atoms with E-state index < -0.39 is 0 Å². The zero-order valence-electron chi connectivity index (χ0n) is 15.1.